The van der Waals surface area contributed by atoms with Gasteiger partial charge in [-0.25, -0.2) is 9.37 Å². The van der Waals surface area contributed by atoms with Crippen molar-refractivity contribution in [1.29, 1.82) is 0 Å². The van der Waals surface area contributed by atoms with Crippen LogP contribution in [0.3, 0.4) is 0 Å². The molecule has 0 spiro atoms. The number of carbonyl (C=O) groups is 2. The van der Waals surface area contributed by atoms with E-state index in [4.69, 9.17) is 16.3 Å². The van der Waals surface area contributed by atoms with Crippen molar-refractivity contribution in [2.75, 3.05) is 6.61 Å². The van der Waals surface area contributed by atoms with E-state index in [1.54, 1.807) is 0 Å². The van der Waals surface area contributed by atoms with Gasteiger partial charge >= 0.3 is 0 Å². The van der Waals surface area contributed by atoms with Crippen molar-refractivity contribution in [3.8, 4) is 5.75 Å². The maximum Gasteiger partial charge on any atom is 0.280 e. The molecule has 5 rings (SSSR count). The van der Waals surface area contributed by atoms with E-state index in [-0.39, 0.29) is 40.3 Å². The van der Waals surface area contributed by atoms with Crippen LogP contribution in [0.25, 0.3) is 0 Å². The molecule has 0 radical (unpaired) electrons. The van der Waals surface area contributed by atoms with Crippen LogP contribution in [0.1, 0.15) is 39.6 Å². The van der Waals surface area contributed by atoms with Gasteiger partial charge in [0.15, 0.2) is 11.6 Å². The van der Waals surface area contributed by atoms with Gasteiger partial charge < -0.3 is 15.4 Å². The molecule has 0 aliphatic heterocycles. The first-order valence-corrected chi connectivity index (χ1v) is 10.0. The zero-order valence-electron chi connectivity index (χ0n) is 15.4. The summed E-state index contributed by atoms with van der Waals surface area (Å²) in [5.74, 6) is -0.787. The minimum atomic E-state index is -0.595. The van der Waals surface area contributed by atoms with Gasteiger partial charge in [-0.3, -0.25) is 9.59 Å². The number of aromatic nitrogens is 1. The molecule has 2 bridgehead atoms. The van der Waals surface area contributed by atoms with Crippen molar-refractivity contribution >= 4 is 34.8 Å². The zero-order chi connectivity index (χ0) is 20.1. The molecule has 3 aliphatic rings. The third-order valence-electron chi connectivity index (χ3n) is 5.30. The number of carbonyl (C=O) groups excluding carboxylic acids is 2. The Morgan fingerprint density at radius 3 is 2.54 bits per heavy atom. The van der Waals surface area contributed by atoms with Gasteiger partial charge in [0, 0.05) is 22.0 Å². The molecule has 1 heterocycles. The van der Waals surface area contributed by atoms with Crippen LogP contribution in [0, 0.1) is 19.7 Å². The van der Waals surface area contributed by atoms with E-state index < -0.39 is 5.82 Å². The number of amides is 2. The SMILES string of the molecule is Cc1nc(C(=O)NC23CC(NC(=O)COc4ccc(Cl)c(F)c4)(C2)C3)sc1C. The smallest absolute Gasteiger partial charge is 0.280 e. The third kappa shape index (κ3) is 3.46. The lowest BCUT2D eigenvalue weighted by atomic mass is 9.44. The maximum atomic E-state index is 13.4. The highest BCUT2D eigenvalue weighted by Crippen LogP contribution is 2.60. The van der Waals surface area contributed by atoms with E-state index in [1.165, 1.54) is 23.5 Å². The van der Waals surface area contributed by atoms with Gasteiger partial charge in [0.2, 0.25) is 0 Å². The monoisotopic (exact) mass is 423 g/mol. The normalized spacial score (nSPS) is 24.7. The highest BCUT2D eigenvalue weighted by molar-refractivity contribution is 7.13. The largest absolute Gasteiger partial charge is 0.484 e. The van der Waals surface area contributed by atoms with Gasteiger partial charge in [0.05, 0.1) is 10.7 Å². The average molecular weight is 424 g/mol. The predicted molar refractivity (Wildman–Crippen MR) is 103 cm³/mol. The molecule has 2 amide bonds. The van der Waals surface area contributed by atoms with Gasteiger partial charge in [0.1, 0.15) is 11.6 Å². The van der Waals surface area contributed by atoms with Gasteiger partial charge in [-0.15, -0.1) is 11.3 Å². The lowest BCUT2D eigenvalue weighted by molar-refractivity contribution is -0.141. The number of aryl methyl sites for hydroxylation is 2. The number of ether oxygens (including phenoxy) is 1. The second-order valence-electron chi connectivity index (χ2n) is 7.62. The maximum absolute atomic E-state index is 13.4. The second-order valence-corrected chi connectivity index (χ2v) is 9.23. The Morgan fingerprint density at radius 2 is 1.93 bits per heavy atom. The molecule has 148 valence electrons. The topological polar surface area (TPSA) is 80.3 Å². The summed E-state index contributed by atoms with van der Waals surface area (Å²) >= 11 is 7.00. The molecular weight excluding hydrogens is 405 g/mol. The first-order chi connectivity index (χ1) is 13.2. The number of thiazole rings is 1. The van der Waals surface area contributed by atoms with Crippen LogP contribution >= 0.6 is 22.9 Å². The van der Waals surface area contributed by atoms with Gasteiger partial charge in [-0.05, 0) is 45.2 Å². The minimum Gasteiger partial charge on any atom is -0.484 e. The predicted octanol–water partition coefficient (Wildman–Crippen LogP) is 3.15. The van der Waals surface area contributed by atoms with Crippen LogP contribution < -0.4 is 15.4 Å². The Hall–Kier alpha value is -2.19. The Bertz CT molecular complexity index is 938. The zero-order valence-corrected chi connectivity index (χ0v) is 17.0. The van der Waals surface area contributed by atoms with Crippen LogP contribution in [-0.4, -0.2) is 34.5 Å². The summed E-state index contributed by atoms with van der Waals surface area (Å²) in [5.41, 5.74) is 0.336. The number of hydrogen-bond donors (Lipinski definition) is 2. The highest BCUT2D eigenvalue weighted by atomic mass is 35.5. The molecule has 1 aromatic carbocycles. The summed E-state index contributed by atoms with van der Waals surface area (Å²) in [4.78, 5) is 29.8. The molecule has 2 aromatic rings. The van der Waals surface area contributed by atoms with Gasteiger partial charge in [-0.2, -0.15) is 0 Å². The van der Waals surface area contributed by atoms with Crippen molar-refractivity contribution in [3.63, 3.8) is 0 Å². The summed E-state index contributed by atoms with van der Waals surface area (Å²) in [6.07, 6.45) is 2.07. The number of halogens is 2. The minimum absolute atomic E-state index is 0.00100. The standard InChI is InChI=1S/C19H19ClFN3O3S/c1-10-11(2)28-17(22-10)16(26)24-19-7-18(8-19,9-19)23-15(25)6-27-12-3-4-13(20)14(21)5-12/h3-5H,6-9H2,1-2H3,(H,23,25)(H,24,26). The second kappa shape index (κ2) is 6.70. The fourth-order valence-electron chi connectivity index (χ4n) is 3.96. The molecule has 9 heteroatoms. The summed E-state index contributed by atoms with van der Waals surface area (Å²) in [6.45, 7) is 3.62. The lowest BCUT2D eigenvalue weighted by Crippen LogP contribution is -2.84. The molecule has 0 unspecified atom stereocenters. The Balaban J connectivity index is 1.24. The summed E-state index contributed by atoms with van der Waals surface area (Å²) < 4.78 is 18.7. The number of rotatable bonds is 6. The molecule has 1 aromatic heterocycles. The van der Waals surface area contributed by atoms with E-state index >= 15 is 0 Å². The van der Waals surface area contributed by atoms with Crippen molar-refractivity contribution in [3.05, 3.63) is 44.6 Å². The molecule has 3 saturated carbocycles. The van der Waals surface area contributed by atoms with Crippen molar-refractivity contribution < 1.29 is 18.7 Å². The van der Waals surface area contributed by atoms with Crippen LogP contribution in [0.15, 0.2) is 18.2 Å². The van der Waals surface area contributed by atoms with E-state index in [2.05, 4.69) is 15.6 Å². The highest BCUT2D eigenvalue weighted by Gasteiger charge is 2.69. The average Bonchev–Trinajstić information content (AvgIpc) is 2.92. The lowest BCUT2D eigenvalue weighted by Gasteiger charge is -2.70. The fourth-order valence-corrected chi connectivity index (χ4v) is 4.89. The number of benzene rings is 1. The van der Waals surface area contributed by atoms with E-state index in [9.17, 15) is 14.0 Å². The first-order valence-electron chi connectivity index (χ1n) is 8.85. The van der Waals surface area contributed by atoms with Gasteiger partial charge in [-0.1, -0.05) is 11.6 Å². The van der Waals surface area contributed by atoms with E-state index in [1.807, 2.05) is 13.8 Å². The van der Waals surface area contributed by atoms with Crippen molar-refractivity contribution in [2.45, 2.75) is 44.2 Å². The Labute approximate surface area is 170 Å². The molecule has 3 fully saturated rings. The molecule has 28 heavy (non-hydrogen) atoms. The van der Waals surface area contributed by atoms with Gasteiger partial charge in [0.25, 0.3) is 11.8 Å². The van der Waals surface area contributed by atoms with Crippen LogP contribution in [0.2, 0.25) is 5.02 Å². The summed E-state index contributed by atoms with van der Waals surface area (Å²) in [6, 6.07) is 4.03. The third-order valence-corrected chi connectivity index (χ3v) is 6.68. The molecule has 3 aliphatic carbocycles. The van der Waals surface area contributed by atoms with Crippen LogP contribution in [0.4, 0.5) is 4.39 Å². The summed E-state index contributed by atoms with van der Waals surface area (Å²) in [7, 11) is 0. The van der Waals surface area contributed by atoms with Crippen LogP contribution in [-0.2, 0) is 4.79 Å². The fraction of sp³-hybridized carbons (Fsp3) is 0.421. The number of nitrogens with zero attached hydrogens (tertiary/aromatic N) is 1. The summed E-state index contributed by atoms with van der Waals surface area (Å²) in [5, 5.41) is 6.49. The van der Waals surface area contributed by atoms with Crippen LogP contribution in [0.5, 0.6) is 5.75 Å². The molecule has 6 nitrogen and oxygen atoms in total. The molecule has 0 atom stereocenters. The molecule has 2 N–H and O–H groups in total. The van der Waals surface area contributed by atoms with Crippen molar-refractivity contribution in [2.24, 2.45) is 0 Å². The Kier molecular flexibility index (Phi) is 4.58. The number of nitrogens with one attached hydrogen (secondary N) is 2. The quantitative estimate of drug-likeness (QED) is 0.748. The van der Waals surface area contributed by atoms with Crippen molar-refractivity contribution in [1.82, 2.24) is 15.6 Å². The van der Waals surface area contributed by atoms with E-state index in [0.29, 0.717) is 24.3 Å². The number of hydrogen-bond acceptors (Lipinski definition) is 5. The molecular formula is C19H19ClFN3O3S. The first kappa shape index (κ1) is 19.1. The molecule has 0 saturated heterocycles. The Morgan fingerprint density at radius 1 is 1.25 bits per heavy atom. The van der Waals surface area contributed by atoms with E-state index in [0.717, 1.165) is 16.6 Å².